The van der Waals surface area contributed by atoms with Gasteiger partial charge >= 0.3 is 6.18 Å². The molecule has 2 atom stereocenters. The van der Waals surface area contributed by atoms with E-state index in [2.05, 4.69) is 11.4 Å². The lowest BCUT2D eigenvalue weighted by Crippen LogP contribution is -2.50. The third-order valence-electron chi connectivity index (χ3n) is 5.12. The van der Waals surface area contributed by atoms with E-state index in [0.717, 1.165) is 36.3 Å². The van der Waals surface area contributed by atoms with Crippen LogP contribution in [0.15, 0.2) is 23.1 Å². The number of nitrogens with one attached hydrogen (secondary N) is 1. The number of thioether (sulfide) groups is 1. The van der Waals surface area contributed by atoms with Crippen LogP contribution in [0.4, 0.5) is 18.9 Å². The number of alkyl halides is 3. The summed E-state index contributed by atoms with van der Waals surface area (Å²) in [6.45, 7) is 4.16. The van der Waals surface area contributed by atoms with Gasteiger partial charge in [-0.1, -0.05) is 6.92 Å². The zero-order valence-electron chi connectivity index (χ0n) is 15.3. The van der Waals surface area contributed by atoms with Gasteiger partial charge < -0.3 is 10.2 Å². The van der Waals surface area contributed by atoms with Gasteiger partial charge in [-0.15, -0.1) is 11.8 Å². The molecule has 0 spiro atoms. The van der Waals surface area contributed by atoms with Gasteiger partial charge in [0.05, 0.1) is 23.9 Å². The zero-order chi connectivity index (χ0) is 19.8. The Balaban J connectivity index is 1.83. The number of carbonyl (C=O) groups excluding carboxylic acids is 1. The van der Waals surface area contributed by atoms with Crippen molar-refractivity contribution in [2.75, 3.05) is 18.0 Å². The van der Waals surface area contributed by atoms with Crippen molar-refractivity contribution in [3.63, 3.8) is 0 Å². The van der Waals surface area contributed by atoms with Crippen molar-refractivity contribution in [3.8, 4) is 6.07 Å². The lowest BCUT2D eigenvalue weighted by Gasteiger charge is -2.28. The fourth-order valence-electron chi connectivity index (χ4n) is 3.32. The largest absolute Gasteiger partial charge is 0.416 e. The molecule has 1 aliphatic carbocycles. The van der Waals surface area contributed by atoms with Crippen LogP contribution in [0.3, 0.4) is 0 Å². The molecule has 146 valence electrons. The molecule has 2 aliphatic rings. The first-order valence-electron chi connectivity index (χ1n) is 8.97. The summed E-state index contributed by atoms with van der Waals surface area (Å²) in [6.07, 6.45) is -1.87. The number of hydrogen-bond donors (Lipinski definition) is 1. The van der Waals surface area contributed by atoms with Crippen molar-refractivity contribution in [1.29, 1.82) is 5.26 Å². The van der Waals surface area contributed by atoms with Gasteiger partial charge in [0.2, 0.25) is 5.91 Å². The monoisotopic (exact) mass is 397 g/mol. The summed E-state index contributed by atoms with van der Waals surface area (Å²) in [4.78, 5) is 15.0. The van der Waals surface area contributed by atoms with Crippen molar-refractivity contribution < 1.29 is 18.0 Å². The van der Waals surface area contributed by atoms with E-state index >= 15 is 0 Å². The standard InChI is InChI=1S/C19H22F3N3OS/c1-12-7-8-25(10-17(26)24-18(2,11-23)13-3-4-13)15-9-14(19(20,21)22)5-6-16(15)27-12/h5-6,9,12-13H,3-4,7-8,10H2,1-2H3,(H,24,26)/t12-,18-/m1/s1. The first-order chi connectivity index (χ1) is 12.6. The van der Waals surface area contributed by atoms with Crippen LogP contribution in [0.1, 0.15) is 38.7 Å². The van der Waals surface area contributed by atoms with E-state index in [9.17, 15) is 23.2 Å². The fourth-order valence-corrected chi connectivity index (χ4v) is 4.44. The summed E-state index contributed by atoms with van der Waals surface area (Å²) >= 11 is 1.52. The molecule has 3 rings (SSSR count). The predicted octanol–water partition coefficient (Wildman–Crippen LogP) is 4.20. The number of nitriles is 1. The molecule has 1 amide bonds. The Morgan fingerprint density at radius 3 is 2.67 bits per heavy atom. The van der Waals surface area contributed by atoms with Gasteiger partial charge in [-0.25, -0.2) is 0 Å². The highest BCUT2D eigenvalue weighted by Crippen LogP contribution is 2.41. The summed E-state index contributed by atoms with van der Waals surface area (Å²) in [5.41, 5.74) is -1.21. The van der Waals surface area contributed by atoms with Crippen molar-refractivity contribution in [1.82, 2.24) is 5.32 Å². The minimum Gasteiger partial charge on any atom is -0.361 e. The number of fused-ring (bicyclic) bond motifs is 1. The first kappa shape index (κ1) is 19.9. The number of nitrogens with zero attached hydrogens (tertiary/aromatic N) is 2. The van der Waals surface area contributed by atoms with Crippen molar-refractivity contribution in [3.05, 3.63) is 23.8 Å². The van der Waals surface area contributed by atoms with Crippen LogP contribution in [-0.2, 0) is 11.0 Å². The van der Waals surface area contributed by atoms with Crippen LogP contribution >= 0.6 is 11.8 Å². The maximum absolute atomic E-state index is 13.1. The molecule has 8 heteroatoms. The van der Waals surface area contributed by atoms with Gasteiger partial charge in [0.1, 0.15) is 5.54 Å². The van der Waals surface area contributed by atoms with Gasteiger partial charge in [-0.3, -0.25) is 4.79 Å². The highest BCUT2D eigenvalue weighted by atomic mass is 32.2. The minimum absolute atomic E-state index is 0.0639. The number of amides is 1. The third-order valence-corrected chi connectivity index (χ3v) is 6.36. The van der Waals surface area contributed by atoms with Crippen LogP contribution in [0.2, 0.25) is 0 Å². The van der Waals surface area contributed by atoms with Gasteiger partial charge in [0, 0.05) is 16.7 Å². The van der Waals surface area contributed by atoms with Crippen molar-refractivity contribution >= 4 is 23.4 Å². The molecule has 1 N–H and O–H groups in total. The molecule has 0 unspecified atom stereocenters. The Labute approximate surface area is 161 Å². The number of hydrogen-bond acceptors (Lipinski definition) is 4. The Morgan fingerprint density at radius 2 is 2.07 bits per heavy atom. The summed E-state index contributed by atoms with van der Waals surface area (Å²) in [5.74, 6) is -0.191. The molecule has 27 heavy (non-hydrogen) atoms. The molecule has 0 radical (unpaired) electrons. The Hall–Kier alpha value is -1.88. The zero-order valence-corrected chi connectivity index (χ0v) is 16.1. The molecule has 0 bridgehead atoms. The normalized spacial score (nSPS) is 22.2. The van der Waals surface area contributed by atoms with Gasteiger partial charge in [0.15, 0.2) is 0 Å². The Kier molecular flexibility index (Phi) is 5.35. The molecular weight excluding hydrogens is 375 g/mol. The topological polar surface area (TPSA) is 56.1 Å². The molecule has 1 aromatic rings. The van der Waals surface area contributed by atoms with Crippen LogP contribution in [-0.4, -0.2) is 29.8 Å². The van der Waals surface area contributed by atoms with E-state index in [-0.39, 0.29) is 23.6 Å². The van der Waals surface area contributed by atoms with Gasteiger partial charge in [-0.05, 0) is 50.3 Å². The maximum atomic E-state index is 13.1. The molecule has 0 saturated heterocycles. The van der Waals surface area contributed by atoms with Crippen LogP contribution in [0, 0.1) is 17.2 Å². The smallest absolute Gasteiger partial charge is 0.361 e. The highest BCUT2D eigenvalue weighted by molar-refractivity contribution is 8.00. The molecule has 1 fully saturated rings. The second-order valence-corrected chi connectivity index (χ2v) is 8.94. The average Bonchev–Trinajstić information content (AvgIpc) is 3.43. The third kappa shape index (κ3) is 4.52. The van der Waals surface area contributed by atoms with E-state index in [0.29, 0.717) is 12.2 Å². The van der Waals surface area contributed by atoms with E-state index in [4.69, 9.17) is 0 Å². The fraction of sp³-hybridized carbons (Fsp3) is 0.579. The lowest BCUT2D eigenvalue weighted by molar-refractivity contribution is -0.137. The Morgan fingerprint density at radius 1 is 1.37 bits per heavy atom. The molecule has 4 nitrogen and oxygen atoms in total. The second kappa shape index (κ2) is 7.27. The molecule has 1 aliphatic heterocycles. The summed E-state index contributed by atoms with van der Waals surface area (Å²) in [5, 5.41) is 12.4. The predicted molar refractivity (Wildman–Crippen MR) is 98.5 cm³/mol. The number of anilines is 1. The molecule has 1 heterocycles. The average molecular weight is 397 g/mol. The highest BCUT2D eigenvalue weighted by Gasteiger charge is 2.43. The van der Waals surface area contributed by atoms with E-state index in [1.54, 1.807) is 11.8 Å². The van der Waals surface area contributed by atoms with Crippen LogP contribution in [0.5, 0.6) is 0 Å². The summed E-state index contributed by atoms with van der Waals surface area (Å²) in [7, 11) is 0. The minimum atomic E-state index is -4.43. The quantitative estimate of drug-likeness (QED) is 0.827. The maximum Gasteiger partial charge on any atom is 0.416 e. The number of rotatable bonds is 4. The van der Waals surface area contributed by atoms with E-state index in [1.807, 2.05) is 6.92 Å². The first-order valence-corrected chi connectivity index (χ1v) is 9.85. The van der Waals surface area contributed by atoms with Crippen molar-refractivity contribution in [2.24, 2.45) is 5.92 Å². The number of halogens is 3. The van der Waals surface area contributed by atoms with Gasteiger partial charge in [-0.2, -0.15) is 18.4 Å². The number of benzene rings is 1. The van der Waals surface area contributed by atoms with Crippen molar-refractivity contribution in [2.45, 2.75) is 55.0 Å². The van der Waals surface area contributed by atoms with Gasteiger partial charge in [0.25, 0.3) is 0 Å². The summed E-state index contributed by atoms with van der Waals surface area (Å²) in [6, 6.07) is 5.87. The van der Waals surface area contributed by atoms with E-state index in [1.165, 1.54) is 17.8 Å². The SMILES string of the molecule is C[C@@H]1CCN(CC(=O)N[C@](C)(C#N)C2CC2)c2cc(C(F)(F)F)ccc2S1. The lowest BCUT2D eigenvalue weighted by atomic mass is 9.98. The Bertz CT molecular complexity index is 772. The summed E-state index contributed by atoms with van der Waals surface area (Å²) < 4.78 is 39.4. The molecular formula is C19H22F3N3OS. The van der Waals surface area contributed by atoms with Crippen LogP contribution in [0.25, 0.3) is 0 Å². The second-order valence-electron chi connectivity index (χ2n) is 7.46. The number of carbonyl (C=O) groups is 1. The molecule has 1 saturated carbocycles. The molecule has 1 aromatic carbocycles. The molecule has 0 aromatic heterocycles. The van der Waals surface area contributed by atoms with Crippen LogP contribution < -0.4 is 10.2 Å². The van der Waals surface area contributed by atoms with E-state index < -0.39 is 17.3 Å².